The molecule has 1 saturated carbocycles. The highest BCUT2D eigenvalue weighted by atomic mass is 35.5. The first-order valence-corrected chi connectivity index (χ1v) is 12.1. The van der Waals surface area contributed by atoms with E-state index in [0.717, 1.165) is 60.9 Å². The van der Waals surface area contributed by atoms with Gasteiger partial charge in [0.15, 0.2) is 5.84 Å². The van der Waals surface area contributed by atoms with Crippen molar-refractivity contribution in [3.63, 3.8) is 0 Å². The van der Waals surface area contributed by atoms with Crippen LogP contribution in [0.5, 0.6) is 0 Å². The molecule has 1 aliphatic carbocycles. The molecular weight excluding hydrogens is 418 g/mol. The van der Waals surface area contributed by atoms with Gasteiger partial charge in [0.25, 0.3) is 0 Å². The van der Waals surface area contributed by atoms with Gasteiger partial charge in [-0.2, -0.15) is 0 Å². The summed E-state index contributed by atoms with van der Waals surface area (Å²) in [6, 6.07) is 21.8. The second-order valence-electron chi connectivity index (χ2n) is 9.84. The number of hydrogen-bond acceptors (Lipinski definition) is 4. The maximum Gasteiger partial charge on any atom is 0.218 e. The summed E-state index contributed by atoms with van der Waals surface area (Å²) >= 11 is 0. The predicted octanol–water partition coefficient (Wildman–Crippen LogP) is 6.31. The minimum absolute atomic E-state index is 0. The lowest BCUT2D eigenvalue weighted by Crippen LogP contribution is -2.57. The van der Waals surface area contributed by atoms with Gasteiger partial charge in [-0.3, -0.25) is 9.80 Å². The van der Waals surface area contributed by atoms with Gasteiger partial charge in [-0.15, -0.1) is 12.4 Å². The minimum Gasteiger partial charge on any atom is -0.365 e. The summed E-state index contributed by atoms with van der Waals surface area (Å²) < 4.78 is 0. The smallest absolute Gasteiger partial charge is 0.218 e. The third-order valence-electron chi connectivity index (χ3n) is 7.75. The monoisotopic (exact) mass is 453 g/mol. The summed E-state index contributed by atoms with van der Waals surface area (Å²) in [5.74, 6) is 2.67. The molecule has 0 N–H and O–H groups in total. The molecule has 0 radical (unpaired) electrons. The first-order chi connectivity index (χ1) is 15.2. The summed E-state index contributed by atoms with van der Waals surface area (Å²) in [6.07, 6.45) is 7.43. The maximum atomic E-state index is 6.29. The van der Waals surface area contributed by atoms with Crippen LogP contribution in [-0.4, -0.2) is 35.6 Å². The van der Waals surface area contributed by atoms with Crippen LogP contribution in [-0.2, 0) is 4.84 Å². The first kappa shape index (κ1) is 23.1. The van der Waals surface area contributed by atoms with Crippen molar-refractivity contribution >= 4 is 23.9 Å². The Labute approximate surface area is 199 Å². The molecule has 4 nitrogen and oxygen atoms in total. The molecule has 0 aromatic heterocycles. The number of amidine groups is 1. The van der Waals surface area contributed by atoms with Crippen LogP contribution in [0.2, 0.25) is 0 Å². The standard InChI is InChI=1S/C27H35N3O.ClH/c1-21(2)22-13-15-24(16-14-22)29-19-17-27(18-20-29)30(25-11-7-4-8-12-25)26(28-31-27)23-9-5-3-6-10-23;/h3-12,21-22,24H,13-20H2,1-2H3;1H/t22-,24+;. The van der Waals surface area contributed by atoms with Crippen molar-refractivity contribution in [2.24, 2.45) is 17.0 Å². The van der Waals surface area contributed by atoms with Gasteiger partial charge in [-0.1, -0.05) is 67.5 Å². The van der Waals surface area contributed by atoms with Crippen molar-refractivity contribution in [2.45, 2.75) is 64.1 Å². The molecule has 5 heteroatoms. The van der Waals surface area contributed by atoms with Gasteiger partial charge >= 0.3 is 0 Å². The van der Waals surface area contributed by atoms with E-state index >= 15 is 0 Å². The highest BCUT2D eigenvalue weighted by Gasteiger charge is 2.50. The summed E-state index contributed by atoms with van der Waals surface area (Å²) in [6.45, 7) is 6.93. The van der Waals surface area contributed by atoms with Gasteiger partial charge in [-0.05, 0) is 49.7 Å². The summed E-state index contributed by atoms with van der Waals surface area (Å²) in [5, 5.41) is 4.63. The average molecular weight is 454 g/mol. The van der Waals surface area contributed by atoms with Crippen molar-refractivity contribution in [2.75, 3.05) is 18.0 Å². The quantitative estimate of drug-likeness (QED) is 0.542. The molecule has 0 atom stereocenters. The fraction of sp³-hybridized carbons (Fsp3) is 0.519. The van der Waals surface area contributed by atoms with E-state index in [1.807, 2.05) is 0 Å². The zero-order valence-electron chi connectivity index (χ0n) is 19.3. The number of halogens is 1. The van der Waals surface area contributed by atoms with Gasteiger partial charge in [-0.25, -0.2) is 0 Å². The number of hydrogen-bond donors (Lipinski definition) is 0. The number of oxime groups is 1. The highest BCUT2D eigenvalue weighted by Crippen LogP contribution is 2.41. The Bertz CT molecular complexity index is 886. The number of rotatable bonds is 4. The second-order valence-corrected chi connectivity index (χ2v) is 9.84. The molecule has 0 unspecified atom stereocenters. The van der Waals surface area contributed by atoms with Crippen molar-refractivity contribution in [1.29, 1.82) is 0 Å². The van der Waals surface area contributed by atoms with Gasteiger partial charge < -0.3 is 4.84 Å². The molecule has 172 valence electrons. The van der Waals surface area contributed by atoms with E-state index < -0.39 is 0 Å². The summed E-state index contributed by atoms with van der Waals surface area (Å²) in [4.78, 5) is 11.4. The first-order valence-electron chi connectivity index (χ1n) is 12.1. The maximum absolute atomic E-state index is 6.29. The summed E-state index contributed by atoms with van der Waals surface area (Å²) in [7, 11) is 0. The Morgan fingerprint density at radius 3 is 2.06 bits per heavy atom. The molecule has 1 spiro atoms. The van der Waals surface area contributed by atoms with E-state index in [-0.39, 0.29) is 18.1 Å². The van der Waals surface area contributed by atoms with E-state index in [4.69, 9.17) is 4.84 Å². The Morgan fingerprint density at radius 1 is 0.875 bits per heavy atom. The lowest BCUT2D eigenvalue weighted by atomic mass is 9.79. The fourth-order valence-corrected chi connectivity index (χ4v) is 5.79. The lowest BCUT2D eigenvalue weighted by molar-refractivity contribution is -0.0695. The van der Waals surface area contributed by atoms with Crippen molar-refractivity contribution < 1.29 is 4.84 Å². The minimum atomic E-state index is -0.377. The second kappa shape index (κ2) is 9.84. The van der Waals surface area contributed by atoms with Crippen LogP contribution >= 0.6 is 12.4 Å². The van der Waals surface area contributed by atoms with Crippen molar-refractivity contribution in [3.8, 4) is 0 Å². The van der Waals surface area contributed by atoms with Crippen LogP contribution in [0.4, 0.5) is 5.69 Å². The highest BCUT2D eigenvalue weighted by molar-refractivity contribution is 6.11. The zero-order chi connectivity index (χ0) is 21.3. The molecule has 0 amide bonds. The van der Waals surface area contributed by atoms with Gasteiger partial charge in [0.2, 0.25) is 5.72 Å². The fourth-order valence-electron chi connectivity index (χ4n) is 5.79. The molecule has 2 aromatic carbocycles. The molecule has 2 fully saturated rings. The Kier molecular flexibility index (Phi) is 7.11. The third-order valence-corrected chi connectivity index (χ3v) is 7.75. The molecule has 2 aromatic rings. The lowest BCUT2D eigenvalue weighted by Gasteiger charge is -2.46. The summed E-state index contributed by atoms with van der Waals surface area (Å²) in [5.41, 5.74) is 1.89. The van der Waals surface area contributed by atoms with Gasteiger partial charge in [0.05, 0.1) is 0 Å². The SMILES string of the molecule is CC(C)[C@H]1CC[C@@H](N2CCC3(CC2)ON=C(c2ccccc2)N3c2ccccc2)CC1.Cl. The number of nitrogens with zero attached hydrogens (tertiary/aromatic N) is 3. The number of piperidine rings is 1. The molecule has 3 aliphatic rings. The van der Waals surface area contributed by atoms with Crippen molar-refractivity contribution in [1.82, 2.24) is 4.90 Å². The molecule has 2 heterocycles. The van der Waals surface area contributed by atoms with E-state index in [1.54, 1.807) is 0 Å². The molecule has 0 bridgehead atoms. The Hall–Kier alpha value is -2.04. The number of para-hydroxylation sites is 1. The van der Waals surface area contributed by atoms with E-state index in [0.29, 0.717) is 0 Å². The molecule has 5 rings (SSSR count). The Morgan fingerprint density at radius 2 is 1.47 bits per heavy atom. The molecule has 32 heavy (non-hydrogen) atoms. The largest absolute Gasteiger partial charge is 0.365 e. The van der Waals surface area contributed by atoms with Crippen LogP contribution in [0.15, 0.2) is 65.8 Å². The van der Waals surface area contributed by atoms with E-state index in [1.165, 1.54) is 25.7 Å². The van der Waals surface area contributed by atoms with Crippen LogP contribution in [0, 0.1) is 11.8 Å². The van der Waals surface area contributed by atoms with Crippen LogP contribution in [0.3, 0.4) is 0 Å². The number of anilines is 1. The van der Waals surface area contributed by atoms with E-state index in [9.17, 15) is 0 Å². The number of likely N-dealkylation sites (tertiary alicyclic amines) is 1. The van der Waals surface area contributed by atoms with Gasteiger partial charge in [0, 0.05) is 43.2 Å². The van der Waals surface area contributed by atoms with E-state index in [2.05, 4.69) is 89.5 Å². The van der Waals surface area contributed by atoms with Gasteiger partial charge in [0.1, 0.15) is 0 Å². The molecule has 1 saturated heterocycles. The van der Waals surface area contributed by atoms with Crippen LogP contribution in [0.25, 0.3) is 0 Å². The van der Waals surface area contributed by atoms with Crippen LogP contribution in [0.1, 0.15) is 57.9 Å². The molecule has 2 aliphatic heterocycles. The third kappa shape index (κ3) is 4.40. The zero-order valence-corrected chi connectivity index (χ0v) is 20.1. The van der Waals surface area contributed by atoms with Crippen LogP contribution < -0.4 is 4.90 Å². The topological polar surface area (TPSA) is 28.1 Å². The molecular formula is C27H36ClN3O. The van der Waals surface area contributed by atoms with Crippen molar-refractivity contribution in [3.05, 3.63) is 66.2 Å². The normalized spacial score (nSPS) is 25.3. The average Bonchev–Trinajstić information content (AvgIpc) is 3.19. The Balaban J connectivity index is 0.00000245. The number of benzene rings is 2. The predicted molar refractivity (Wildman–Crippen MR) is 134 cm³/mol.